The van der Waals surface area contributed by atoms with E-state index in [1.165, 1.54) is 0 Å². The molecule has 0 aromatic rings. The number of hydrogen-bond donors (Lipinski definition) is 3. The highest BCUT2D eigenvalue weighted by atomic mass is 16.6. The number of ether oxygens (including phenoxy) is 1. The summed E-state index contributed by atoms with van der Waals surface area (Å²) in [7, 11) is 0. The van der Waals surface area contributed by atoms with Crippen LogP contribution >= 0.6 is 0 Å². The standard InChI is InChI=1S/C12H23N3O3/c1-12(2,3)18-11(17)15-7-8-4-5-9(10(13)16)14-6-8/h8-9,14H,4-7H2,1-3H3,(H2,13,16)(H,15,17)/t8-,9+/m0/s1. The molecule has 0 aromatic heterocycles. The summed E-state index contributed by atoms with van der Waals surface area (Å²) in [5.41, 5.74) is 4.73. The van der Waals surface area contributed by atoms with Crippen LogP contribution < -0.4 is 16.4 Å². The molecule has 1 saturated heterocycles. The quantitative estimate of drug-likeness (QED) is 0.680. The van der Waals surface area contributed by atoms with Crippen LogP contribution in [0, 0.1) is 5.92 Å². The van der Waals surface area contributed by atoms with E-state index in [2.05, 4.69) is 10.6 Å². The first kappa shape index (κ1) is 14.8. The largest absolute Gasteiger partial charge is 0.444 e. The smallest absolute Gasteiger partial charge is 0.407 e. The van der Waals surface area contributed by atoms with Gasteiger partial charge in [-0.3, -0.25) is 4.79 Å². The third kappa shape index (κ3) is 5.35. The Bertz CT molecular complexity index is 304. The summed E-state index contributed by atoms with van der Waals surface area (Å²) in [6.07, 6.45) is 1.19. The molecule has 0 spiro atoms. The van der Waals surface area contributed by atoms with Gasteiger partial charge in [0.15, 0.2) is 0 Å². The molecule has 4 N–H and O–H groups in total. The van der Waals surface area contributed by atoms with E-state index < -0.39 is 11.7 Å². The predicted octanol–water partition coefficient (Wildman–Crippen LogP) is 0.365. The Balaban J connectivity index is 2.22. The molecule has 6 nitrogen and oxygen atoms in total. The molecule has 1 heterocycles. The van der Waals surface area contributed by atoms with Gasteiger partial charge >= 0.3 is 6.09 Å². The molecule has 2 amide bonds. The summed E-state index contributed by atoms with van der Waals surface area (Å²) in [6, 6.07) is -0.234. The van der Waals surface area contributed by atoms with Crippen molar-refractivity contribution in [3.8, 4) is 0 Å². The highest BCUT2D eigenvalue weighted by Gasteiger charge is 2.24. The second-order valence-corrected chi connectivity index (χ2v) is 5.69. The van der Waals surface area contributed by atoms with Crippen molar-refractivity contribution < 1.29 is 14.3 Å². The normalized spacial score (nSPS) is 24.4. The topological polar surface area (TPSA) is 93.4 Å². The Labute approximate surface area is 108 Å². The van der Waals surface area contributed by atoms with E-state index >= 15 is 0 Å². The molecule has 0 unspecified atom stereocenters. The van der Waals surface area contributed by atoms with E-state index in [9.17, 15) is 9.59 Å². The molecule has 104 valence electrons. The lowest BCUT2D eigenvalue weighted by Gasteiger charge is -2.28. The Morgan fingerprint density at radius 3 is 2.50 bits per heavy atom. The van der Waals surface area contributed by atoms with Gasteiger partial charge in [-0.15, -0.1) is 0 Å². The van der Waals surface area contributed by atoms with Gasteiger partial charge in [0, 0.05) is 13.1 Å². The van der Waals surface area contributed by atoms with Crippen molar-refractivity contribution in [1.29, 1.82) is 0 Å². The van der Waals surface area contributed by atoms with Gasteiger partial charge in [-0.2, -0.15) is 0 Å². The number of alkyl carbamates (subject to hydrolysis) is 1. The fourth-order valence-electron chi connectivity index (χ4n) is 1.87. The molecular weight excluding hydrogens is 234 g/mol. The number of rotatable bonds is 3. The SMILES string of the molecule is CC(C)(C)OC(=O)NC[C@H]1CC[C@H](C(N)=O)NC1. The molecule has 0 aromatic carbocycles. The van der Waals surface area contributed by atoms with Gasteiger partial charge in [-0.1, -0.05) is 0 Å². The highest BCUT2D eigenvalue weighted by Crippen LogP contribution is 2.13. The van der Waals surface area contributed by atoms with Gasteiger partial charge in [0.05, 0.1) is 6.04 Å². The summed E-state index contributed by atoms with van der Waals surface area (Å²) in [6.45, 7) is 6.71. The van der Waals surface area contributed by atoms with Gasteiger partial charge in [0.2, 0.25) is 5.91 Å². The van der Waals surface area contributed by atoms with E-state index in [-0.39, 0.29) is 11.9 Å². The third-order valence-electron chi connectivity index (χ3n) is 2.79. The van der Waals surface area contributed by atoms with Gasteiger partial charge in [0.25, 0.3) is 0 Å². The van der Waals surface area contributed by atoms with Crippen molar-refractivity contribution >= 4 is 12.0 Å². The van der Waals surface area contributed by atoms with Crippen LogP contribution in [0.5, 0.6) is 0 Å². The average molecular weight is 257 g/mol. The van der Waals surface area contributed by atoms with Crippen LogP contribution in [0.15, 0.2) is 0 Å². The molecule has 0 aliphatic carbocycles. The number of hydrogen-bond acceptors (Lipinski definition) is 4. The molecule has 1 rings (SSSR count). The van der Waals surface area contributed by atoms with Gasteiger partial charge in [0.1, 0.15) is 5.60 Å². The monoisotopic (exact) mass is 257 g/mol. The Morgan fingerprint density at radius 2 is 2.06 bits per heavy atom. The Hall–Kier alpha value is -1.30. The predicted molar refractivity (Wildman–Crippen MR) is 67.9 cm³/mol. The molecule has 0 radical (unpaired) electrons. The van der Waals surface area contributed by atoms with Crippen molar-refractivity contribution in [2.24, 2.45) is 11.7 Å². The third-order valence-corrected chi connectivity index (χ3v) is 2.79. The van der Waals surface area contributed by atoms with Crippen molar-refractivity contribution in [3.63, 3.8) is 0 Å². The first-order chi connectivity index (χ1) is 8.28. The summed E-state index contributed by atoms with van der Waals surface area (Å²) >= 11 is 0. The number of nitrogens with two attached hydrogens (primary N) is 1. The number of amides is 2. The average Bonchev–Trinajstić information content (AvgIpc) is 2.24. The number of carbonyl (C=O) groups excluding carboxylic acids is 2. The molecule has 6 heteroatoms. The zero-order chi connectivity index (χ0) is 13.8. The maximum atomic E-state index is 11.4. The van der Waals surface area contributed by atoms with Crippen LogP contribution in [0.2, 0.25) is 0 Å². The van der Waals surface area contributed by atoms with Crippen LogP contribution in [0.1, 0.15) is 33.6 Å². The second kappa shape index (κ2) is 6.04. The first-order valence-corrected chi connectivity index (χ1v) is 6.27. The van der Waals surface area contributed by atoms with Crippen LogP contribution in [0.25, 0.3) is 0 Å². The van der Waals surface area contributed by atoms with Gasteiger partial charge in [-0.25, -0.2) is 4.79 Å². The van der Waals surface area contributed by atoms with E-state index in [1.54, 1.807) is 0 Å². The Kier molecular flexibility index (Phi) is 4.95. The fraction of sp³-hybridized carbons (Fsp3) is 0.833. The maximum Gasteiger partial charge on any atom is 0.407 e. The van der Waals surface area contributed by atoms with Crippen LogP contribution in [0.3, 0.4) is 0 Å². The number of primary amides is 1. The van der Waals surface area contributed by atoms with E-state index in [4.69, 9.17) is 10.5 Å². The van der Waals surface area contributed by atoms with Crippen molar-refractivity contribution in [1.82, 2.24) is 10.6 Å². The number of piperidine rings is 1. The number of nitrogens with one attached hydrogen (secondary N) is 2. The molecule has 1 fully saturated rings. The van der Waals surface area contributed by atoms with E-state index in [1.807, 2.05) is 20.8 Å². The zero-order valence-corrected chi connectivity index (χ0v) is 11.3. The van der Waals surface area contributed by atoms with E-state index in [0.717, 1.165) is 12.8 Å². The van der Waals surface area contributed by atoms with Gasteiger partial charge < -0.3 is 21.1 Å². The summed E-state index contributed by atoms with van der Waals surface area (Å²) in [5, 5.41) is 5.81. The van der Waals surface area contributed by atoms with Crippen LogP contribution in [-0.2, 0) is 9.53 Å². The van der Waals surface area contributed by atoms with Crippen LogP contribution in [-0.4, -0.2) is 36.7 Å². The molecule has 0 saturated carbocycles. The summed E-state index contributed by atoms with van der Waals surface area (Å²) < 4.78 is 5.14. The highest BCUT2D eigenvalue weighted by molar-refractivity contribution is 5.79. The van der Waals surface area contributed by atoms with E-state index in [0.29, 0.717) is 19.0 Å². The van der Waals surface area contributed by atoms with Gasteiger partial charge in [-0.05, 0) is 39.5 Å². The zero-order valence-electron chi connectivity index (χ0n) is 11.3. The molecule has 18 heavy (non-hydrogen) atoms. The fourth-order valence-corrected chi connectivity index (χ4v) is 1.87. The summed E-state index contributed by atoms with van der Waals surface area (Å²) in [5.74, 6) is 0.00155. The van der Waals surface area contributed by atoms with Crippen molar-refractivity contribution in [2.45, 2.75) is 45.3 Å². The minimum Gasteiger partial charge on any atom is -0.444 e. The lowest BCUT2D eigenvalue weighted by atomic mass is 9.94. The maximum absolute atomic E-state index is 11.4. The summed E-state index contributed by atoms with van der Waals surface area (Å²) in [4.78, 5) is 22.4. The minimum atomic E-state index is -0.480. The first-order valence-electron chi connectivity index (χ1n) is 6.27. The van der Waals surface area contributed by atoms with Crippen molar-refractivity contribution in [2.75, 3.05) is 13.1 Å². The molecular formula is C12H23N3O3. The minimum absolute atomic E-state index is 0.234. The lowest BCUT2D eigenvalue weighted by Crippen LogP contribution is -2.49. The van der Waals surface area contributed by atoms with Crippen LogP contribution in [0.4, 0.5) is 4.79 Å². The molecule has 1 aliphatic rings. The Morgan fingerprint density at radius 1 is 1.39 bits per heavy atom. The molecule has 2 atom stereocenters. The molecule has 0 bridgehead atoms. The molecule has 1 aliphatic heterocycles. The lowest BCUT2D eigenvalue weighted by molar-refractivity contribution is -0.120. The van der Waals surface area contributed by atoms with Crippen molar-refractivity contribution in [3.05, 3.63) is 0 Å². The second-order valence-electron chi connectivity index (χ2n) is 5.69. The number of carbonyl (C=O) groups is 2.